The Bertz CT molecular complexity index is 646. The summed E-state index contributed by atoms with van der Waals surface area (Å²) in [5.74, 6) is -0.280. The van der Waals surface area contributed by atoms with Crippen molar-refractivity contribution in [3.63, 3.8) is 0 Å². The number of anilines is 1. The molecule has 0 fully saturated rings. The highest BCUT2D eigenvalue weighted by molar-refractivity contribution is 7.15. The molecule has 0 saturated heterocycles. The SMILES string of the molecule is O=C1CCc2cc(F)ccc2N1Cc1nnc(Cl)s1. The minimum absolute atomic E-state index is 0.00503. The van der Waals surface area contributed by atoms with Crippen LogP contribution in [-0.4, -0.2) is 16.1 Å². The standard InChI is InChI=1S/C12H9ClFN3OS/c13-12-16-15-10(19-12)6-17-9-3-2-8(14)5-7(9)1-4-11(17)18/h2-3,5H,1,4,6H2. The second-order valence-electron chi connectivity index (χ2n) is 4.20. The molecule has 0 spiro atoms. The predicted octanol–water partition coefficient (Wildman–Crippen LogP) is 2.81. The van der Waals surface area contributed by atoms with Gasteiger partial charge in [0.25, 0.3) is 0 Å². The number of carbonyl (C=O) groups is 1. The van der Waals surface area contributed by atoms with Gasteiger partial charge < -0.3 is 4.90 Å². The minimum Gasteiger partial charge on any atom is -0.305 e. The van der Waals surface area contributed by atoms with Crippen molar-refractivity contribution in [1.29, 1.82) is 0 Å². The Morgan fingerprint density at radius 3 is 2.95 bits per heavy atom. The van der Waals surface area contributed by atoms with Crippen LogP contribution in [0.4, 0.5) is 10.1 Å². The molecule has 1 aromatic carbocycles. The predicted molar refractivity (Wildman–Crippen MR) is 70.8 cm³/mol. The van der Waals surface area contributed by atoms with Crippen LogP contribution in [0, 0.1) is 5.82 Å². The van der Waals surface area contributed by atoms with Crippen molar-refractivity contribution in [2.45, 2.75) is 19.4 Å². The number of hydrogen-bond acceptors (Lipinski definition) is 4. The van der Waals surface area contributed by atoms with Gasteiger partial charge in [-0.1, -0.05) is 11.3 Å². The fourth-order valence-electron chi connectivity index (χ4n) is 2.13. The number of halogens is 2. The smallest absolute Gasteiger partial charge is 0.227 e. The minimum atomic E-state index is -0.285. The Kier molecular flexibility index (Phi) is 3.20. The number of carbonyl (C=O) groups excluding carboxylic acids is 1. The zero-order chi connectivity index (χ0) is 13.4. The number of nitrogens with zero attached hydrogens (tertiary/aromatic N) is 3. The maximum absolute atomic E-state index is 13.2. The van der Waals surface area contributed by atoms with Gasteiger partial charge in [0.1, 0.15) is 10.8 Å². The molecular weight excluding hydrogens is 289 g/mol. The van der Waals surface area contributed by atoms with E-state index in [4.69, 9.17) is 11.6 Å². The van der Waals surface area contributed by atoms with E-state index < -0.39 is 0 Å². The van der Waals surface area contributed by atoms with Crippen LogP contribution in [0.15, 0.2) is 18.2 Å². The molecule has 0 radical (unpaired) electrons. The third kappa shape index (κ3) is 2.46. The molecule has 0 saturated carbocycles. The maximum atomic E-state index is 13.2. The third-order valence-electron chi connectivity index (χ3n) is 2.98. The number of hydrogen-bond donors (Lipinski definition) is 0. The van der Waals surface area contributed by atoms with Gasteiger partial charge in [-0.2, -0.15) is 0 Å². The van der Waals surface area contributed by atoms with E-state index >= 15 is 0 Å². The largest absolute Gasteiger partial charge is 0.305 e. The van der Waals surface area contributed by atoms with Crippen LogP contribution in [0.25, 0.3) is 0 Å². The second kappa shape index (κ2) is 4.86. The van der Waals surface area contributed by atoms with Gasteiger partial charge in [-0.3, -0.25) is 4.79 Å². The van der Waals surface area contributed by atoms with Crippen LogP contribution in [0.5, 0.6) is 0 Å². The topological polar surface area (TPSA) is 46.1 Å². The van der Waals surface area contributed by atoms with E-state index in [0.717, 1.165) is 11.3 Å². The van der Waals surface area contributed by atoms with E-state index in [9.17, 15) is 9.18 Å². The van der Waals surface area contributed by atoms with E-state index in [0.29, 0.717) is 28.9 Å². The van der Waals surface area contributed by atoms with Crippen LogP contribution in [0.3, 0.4) is 0 Å². The summed E-state index contributed by atoms with van der Waals surface area (Å²) >= 11 is 6.96. The molecule has 4 nitrogen and oxygen atoms in total. The monoisotopic (exact) mass is 297 g/mol. The first-order chi connectivity index (χ1) is 9.13. The Morgan fingerprint density at radius 2 is 2.21 bits per heavy atom. The number of rotatable bonds is 2. The van der Waals surface area contributed by atoms with Gasteiger partial charge in [0.05, 0.1) is 6.54 Å². The molecule has 19 heavy (non-hydrogen) atoms. The molecule has 2 heterocycles. The van der Waals surface area contributed by atoms with Crippen LogP contribution in [0.1, 0.15) is 17.0 Å². The third-order valence-corrected chi connectivity index (χ3v) is 3.98. The Labute approximate surface area is 117 Å². The molecule has 98 valence electrons. The summed E-state index contributed by atoms with van der Waals surface area (Å²) in [7, 11) is 0. The first kappa shape index (κ1) is 12.5. The van der Waals surface area contributed by atoms with Gasteiger partial charge in [-0.25, -0.2) is 4.39 Å². The first-order valence-electron chi connectivity index (χ1n) is 5.70. The molecule has 1 aliphatic rings. The van der Waals surface area contributed by atoms with E-state index in [1.165, 1.54) is 23.5 Å². The summed E-state index contributed by atoms with van der Waals surface area (Å²) in [4.78, 5) is 13.6. The zero-order valence-electron chi connectivity index (χ0n) is 9.77. The summed E-state index contributed by atoms with van der Waals surface area (Å²) in [5.41, 5.74) is 1.58. The van der Waals surface area contributed by atoms with Gasteiger partial charge in [-0.15, -0.1) is 10.2 Å². The molecule has 0 bridgehead atoms. The van der Waals surface area contributed by atoms with Crippen LogP contribution < -0.4 is 4.90 Å². The van der Waals surface area contributed by atoms with Crippen molar-refractivity contribution in [2.24, 2.45) is 0 Å². The number of aryl methyl sites for hydroxylation is 1. The van der Waals surface area contributed by atoms with E-state index in [1.54, 1.807) is 11.0 Å². The highest BCUT2D eigenvalue weighted by Crippen LogP contribution is 2.30. The van der Waals surface area contributed by atoms with E-state index in [-0.39, 0.29) is 11.7 Å². The van der Waals surface area contributed by atoms with Crippen molar-refractivity contribution in [3.8, 4) is 0 Å². The lowest BCUT2D eigenvalue weighted by atomic mass is 10.0. The molecule has 1 aromatic heterocycles. The number of benzene rings is 1. The summed E-state index contributed by atoms with van der Waals surface area (Å²) in [6.45, 7) is 0.321. The summed E-state index contributed by atoms with van der Waals surface area (Å²) in [6.07, 6.45) is 0.947. The lowest BCUT2D eigenvalue weighted by Gasteiger charge is -2.28. The summed E-state index contributed by atoms with van der Waals surface area (Å²) in [5, 5.41) is 8.28. The Balaban J connectivity index is 1.94. The van der Waals surface area contributed by atoms with Crippen molar-refractivity contribution in [3.05, 3.63) is 39.1 Å². The van der Waals surface area contributed by atoms with Crippen LogP contribution in [-0.2, 0) is 17.8 Å². The summed E-state index contributed by atoms with van der Waals surface area (Å²) < 4.78 is 13.6. The molecule has 0 atom stereocenters. The van der Waals surface area contributed by atoms with Gasteiger partial charge in [0.2, 0.25) is 10.4 Å². The van der Waals surface area contributed by atoms with Gasteiger partial charge in [-0.05, 0) is 41.8 Å². The fraction of sp³-hybridized carbons (Fsp3) is 0.250. The number of aromatic nitrogens is 2. The molecule has 1 aliphatic heterocycles. The van der Waals surface area contributed by atoms with Crippen LogP contribution in [0.2, 0.25) is 4.47 Å². The first-order valence-corrected chi connectivity index (χ1v) is 6.89. The molecule has 0 aliphatic carbocycles. The van der Waals surface area contributed by atoms with Crippen LogP contribution >= 0.6 is 22.9 Å². The number of amides is 1. The Morgan fingerprint density at radius 1 is 1.37 bits per heavy atom. The molecule has 3 rings (SSSR count). The average Bonchev–Trinajstić information content (AvgIpc) is 2.78. The van der Waals surface area contributed by atoms with Gasteiger partial charge >= 0.3 is 0 Å². The number of fused-ring (bicyclic) bond motifs is 1. The molecular formula is C12H9ClFN3OS. The molecule has 2 aromatic rings. The average molecular weight is 298 g/mol. The van der Waals surface area contributed by atoms with Gasteiger partial charge in [0, 0.05) is 12.1 Å². The van der Waals surface area contributed by atoms with Crippen molar-refractivity contribution in [2.75, 3.05) is 4.90 Å². The molecule has 7 heteroatoms. The Hall–Kier alpha value is -1.53. The highest BCUT2D eigenvalue weighted by atomic mass is 35.5. The van der Waals surface area contributed by atoms with Crippen molar-refractivity contribution >= 4 is 34.5 Å². The van der Waals surface area contributed by atoms with Crippen molar-refractivity contribution in [1.82, 2.24) is 10.2 Å². The fourth-order valence-corrected chi connectivity index (χ4v) is 2.99. The highest BCUT2D eigenvalue weighted by Gasteiger charge is 2.25. The van der Waals surface area contributed by atoms with Gasteiger partial charge in [0.15, 0.2) is 0 Å². The van der Waals surface area contributed by atoms with E-state index in [1.807, 2.05) is 0 Å². The molecule has 0 unspecified atom stereocenters. The normalized spacial score (nSPS) is 14.6. The zero-order valence-corrected chi connectivity index (χ0v) is 11.3. The molecule has 0 N–H and O–H groups in total. The van der Waals surface area contributed by atoms with Crippen molar-refractivity contribution < 1.29 is 9.18 Å². The molecule has 1 amide bonds. The lowest BCUT2D eigenvalue weighted by Crippen LogP contribution is -2.34. The second-order valence-corrected chi connectivity index (χ2v) is 5.85. The maximum Gasteiger partial charge on any atom is 0.227 e. The quantitative estimate of drug-likeness (QED) is 0.856. The lowest BCUT2D eigenvalue weighted by molar-refractivity contribution is -0.119. The van der Waals surface area contributed by atoms with E-state index in [2.05, 4.69) is 10.2 Å². The summed E-state index contributed by atoms with van der Waals surface area (Å²) in [6, 6.07) is 4.46.